The summed E-state index contributed by atoms with van der Waals surface area (Å²) < 4.78 is 10.7. The average molecular weight is 293 g/mol. The number of carboxylic acids is 1. The van der Waals surface area contributed by atoms with Crippen molar-refractivity contribution < 1.29 is 24.2 Å². The van der Waals surface area contributed by atoms with E-state index in [9.17, 15) is 9.59 Å². The maximum absolute atomic E-state index is 11.8. The molecule has 114 valence electrons. The smallest absolute Gasteiger partial charge is 0.308 e. The Bertz CT molecular complexity index is 476. The molecule has 1 fully saturated rings. The highest BCUT2D eigenvalue weighted by Gasteiger charge is 2.30. The quantitative estimate of drug-likeness (QED) is 0.759. The third-order valence-electron chi connectivity index (χ3n) is 3.36. The summed E-state index contributed by atoms with van der Waals surface area (Å²) in [6.45, 7) is 1.41. The Balaban J connectivity index is 1.59. The molecule has 0 aliphatic carbocycles. The first kappa shape index (κ1) is 15.3. The standard InChI is InChI=1S/C15H19NO5/c17-14(16-7-6-12(10-16)15(18)19)11-20-8-9-21-13-4-2-1-3-5-13/h1-5,12H,6-11H2,(H,18,19)/t12-/m1/s1. The van der Waals surface area contributed by atoms with Crippen LogP contribution >= 0.6 is 0 Å². The van der Waals surface area contributed by atoms with E-state index in [0.29, 0.717) is 26.2 Å². The maximum atomic E-state index is 11.8. The summed E-state index contributed by atoms with van der Waals surface area (Å²) in [4.78, 5) is 24.2. The van der Waals surface area contributed by atoms with Crippen LogP contribution < -0.4 is 4.74 Å². The van der Waals surface area contributed by atoms with Crippen molar-refractivity contribution in [3.05, 3.63) is 30.3 Å². The van der Waals surface area contributed by atoms with Crippen molar-refractivity contribution >= 4 is 11.9 Å². The van der Waals surface area contributed by atoms with Crippen molar-refractivity contribution in [3.63, 3.8) is 0 Å². The Hall–Kier alpha value is -2.08. The molecule has 6 nitrogen and oxygen atoms in total. The van der Waals surface area contributed by atoms with E-state index in [1.54, 1.807) is 0 Å². The van der Waals surface area contributed by atoms with Crippen LogP contribution in [0.15, 0.2) is 30.3 Å². The molecular formula is C15H19NO5. The summed E-state index contributed by atoms with van der Waals surface area (Å²) in [5, 5.41) is 8.88. The predicted molar refractivity (Wildman–Crippen MR) is 75.1 cm³/mol. The highest BCUT2D eigenvalue weighted by molar-refractivity contribution is 5.79. The van der Waals surface area contributed by atoms with Crippen molar-refractivity contribution in [2.45, 2.75) is 6.42 Å². The van der Waals surface area contributed by atoms with Gasteiger partial charge in [0.2, 0.25) is 5.91 Å². The molecule has 1 aliphatic heterocycles. The van der Waals surface area contributed by atoms with Gasteiger partial charge in [-0.3, -0.25) is 9.59 Å². The fourth-order valence-electron chi connectivity index (χ4n) is 2.17. The van der Waals surface area contributed by atoms with Gasteiger partial charge in [0.1, 0.15) is 19.0 Å². The number of likely N-dealkylation sites (tertiary alicyclic amines) is 1. The van der Waals surface area contributed by atoms with Gasteiger partial charge in [0.15, 0.2) is 0 Å². The molecule has 1 atom stereocenters. The Kier molecular flexibility index (Phi) is 5.57. The number of carbonyl (C=O) groups is 2. The lowest BCUT2D eigenvalue weighted by Crippen LogP contribution is -2.33. The van der Waals surface area contributed by atoms with Crippen LogP contribution in [0, 0.1) is 5.92 Å². The summed E-state index contributed by atoms with van der Waals surface area (Å²) in [6.07, 6.45) is 0.512. The number of hydrogen-bond donors (Lipinski definition) is 1. The molecule has 1 aliphatic rings. The SMILES string of the molecule is O=C(O)[C@@H]1CCN(C(=O)COCCOc2ccccc2)C1. The molecule has 1 aromatic rings. The van der Waals surface area contributed by atoms with E-state index in [1.807, 2.05) is 30.3 Å². The fourth-order valence-corrected chi connectivity index (χ4v) is 2.17. The number of carbonyl (C=O) groups excluding carboxylic acids is 1. The lowest BCUT2D eigenvalue weighted by Gasteiger charge is -2.15. The largest absolute Gasteiger partial charge is 0.491 e. The van der Waals surface area contributed by atoms with E-state index in [0.717, 1.165) is 5.75 Å². The first-order valence-corrected chi connectivity index (χ1v) is 6.93. The van der Waals surface area contributed by atoms with E-state index in [2.05, 4.69) is 0 Å². The number of benzene rings is 1. The minimum Gasteiger partial charge on any atom is -0.491 e. The van der Waals surface area contributed by atoms with Gasteiger partial charge >= 0.3 is 5.97 Å². The zero-order chi connectivity index (χ0) is 15.1. The molecule has 0 aromatic heterocycles. The van der Waals surface area contributed by atoms with Gasteiger partial charge in [-0.2, -0.15) is 0 Å². The van der Waals surface area contributed by atoms with Crippen LogP contribution in [-0.2, 0) is 14.3 Å². The predicted octanol–water partition coefficient (Wildman–Crippen LogP) is 1.02. The van der Waals surface area contributed by atoms with Crippen molar-refractivity contribution in [2.75, 3.05) is 32.9 Å². The molecule has 0 spiro atoms. The molecule has 0 unspecified atom stereocenters. The van der Waals surface area contributed by atoms with E-state index in [-0.39, 0.29) is 19.1 Å². The molecule has 0 radical (unpaired) electrons. The van der Waals surface area contributed by atoms with Gasteiger partial charge in [0, 0.05) is 13.1 Å². The van der Waals surface area contributed by atoms with Gasteiger partial charge in [-0.05, 0) is 18.6 Å². The number of rotatable bonds is 7. The number of aliphatic carboxylic acids is 1. The minimum absolute atomic E-state index is 0.0372. The summed E-state index contributed by atoms with van der Waals surface area (Å²) in [5.74, 6) is -0.701. The van der Waals surface area contributed by atoms with Crippen molar-refractivity contribution in [2.24, 2.45) is 5.92 Å². The van der Waals surface area contributed by atoms with Gasteiger partial charge < -0.3 is 19.5 Å². The van der Waals surface area contributed by atoms with Gasteiger partial charge in [-0.1, -0.05) is 18.2 Å². The van der Waals surface area contributed by atoms with Gasteiger partial charge in [-0.25, -0.2) is 0 Å². The van der Waals surface area contributed by atoms with E-state index in [4.69, 9.17) is 14.6 Å². The van der Waals surface area contributed by atoms with Crippen LogP contribution in [0.2, 0.25) is 0 Å². The monoisotopic (exact) mass is 293 g/mol. The lowest BCUT2D eigenvalue weighted by atomic mass is 10.1. The van der Waals surface area contributed by atoms with E-state index >= 15 is 0 Å². The fraction of sp³-hybridized carbons (Fsp3) is 0.467. The van der Waals surface area contributed by atoms with Crippen LogP contribution in [0.25, 0.3) is 0 Å². The van der Waals surface area contributed by atoms with Crippen molar-refractivity contribution in [3.8, 4) is 5.75 Å². The second-order valence-electron chi connectivity index (χ2n) is 4.88. The van der Waals surface area contributed by atoms with E-state index < -0.39 is 11.9 Å². The first-order chi connectivity index (χ1) is 10.2. The van der Waals surface area contributed by atoms with Crippen molar-refractivity contribution in [1.29, 1.82) is 0 Å². The molecule has 2 rings (SSSR count). The van der Waals surface area contributed by atoms with Crippen LogP contribution in [0.5, 0.6) is 5.75 Å². The molecule has 21 heavy (non-hydrogen) atoms. The molecule has 1 aromatic carbocycles. The number of nitrogens with zero attached hydrogens (tertiary/aromatic N) is 1. The summed E-state index contributed by atoms with van der Waals surface area (Å²) >= 11 is 0. The number of para-hydroxylation sites is 1. The Morgan fingerprint density at radius 1 is 1.24 bits per heavy atom. The molecule has 1 amide bonds. The maximum Gasteiger partial charge on any atom is 0.308 e. The van der Waals surface area contributed by atoms with E-state index in [1.165, 1.54) is 4.90 Å². The Morgan fingerprint density at radius 3 is 2.67 bits per heavy atom. The normalized spacial score (nSPS) is 17.7. The topological polar surface area (TPSA) is 76.1 Å². The number of ether oxygens (including phenoxy) is 2. The van der Waals surface area contributed by atoms with Crippen LogP contribution in [0.3, 0.4) is 0 Å². The molecular weight excluding hydrogens is 274 g/mol. The van der Waals surface area contributed by atoms with Gasteiger partial charge in [-0.15, -0.1) is 0 Å². The average Bonchev–Trinajstić information content (AvgIpc) is 2.98. The third kappa shape index (κ3) is 4.75. The zero-order valence-electron chi connectivity index (χ0n) is 11.7. The summed E-state index contributed by atoms with van der Waals surface area (Å²) in [7, 11) is 0. The molecule has 1 saturated heterocycles. The molecule has 0 bridgehead atoms. The Labute approximate surface area is 123 Å². The number of carboxylic acid groups (broad SMARTS) is 1. The summed E-state index contributed by atoms with van der Waals surface area (Å²) in [6, 6.07) is 9.36. The molecule has 1 N–H and O–H groups in total. The third-order valence-corrected chi connectivity index (χ3v) is 3.36. The molecule has 1 heterocycles. The van der Waals surface area contributed by atoms with Crippen molar-refractivity contribution in [1.82, 2.24) is 4.90 Å². The van der Waals surface area contributed by atoms with Crippen LogP contribution in [0.1, 0.15) is 6.42 Å². The lowest BCUT2D eigenvalue weighted by molar-refractivity contribution is -0.141. The molecule has 6 heteroatoms. The second-order valence-corrected chi connectivity index (χ2v) is 4.88. The number of amides is 1. The van der Waals surface area contributed by atoms with Crippen LogP contribution in [-0.4, -0.2) is 54.8 Å². The van der Waals surface area contributed by atoms with Gasteiger partial charge in [0.05, 0.1) is 12.5 Å². The molecule has 0 saturated carbocycles. The first-order valence-electron chi connectivity index (χ1n) is 6.93. The van der Waals surface area contributed by atoms with Crippen LogP contribution in [0.4, 0.5) is 0 Å². The minimum atomic E-state index is -0.845. The zero-order valence-corrected chi connectivity index (χ0v) is 11.7. The highest BCUT2D eigenvalue weighted by Crippen LogP contribution is 2.16. The highest BCUT2D eigenvalue weighted by atomic mass is 16.5. The number of hydrogen-bond acceptors (Lipinski definition) is 4. The summed E-state index contributed by atoms with van der Waals surface area (Å²) in [5.41, 5.74) is 0. The second kappa shape index (κ2) is 7.64. The Morgan fingerprint density at radius 2 is 2.00 bits per heavy atom. The van der Waals surface area contributed by atoms with Gasteiger partial charge in [0.25, 0.3) is 0 Å².